The van der Waals surface area contributed by atoms with Crippen LogP contribution in [0.3, 0.4) is 0 Å². The Labute approximate surface area is 127 Å². The van der Waals surface area contributed by atoms with Crippen molar-refractivity contribution in [3.63, 3.8) is 0 Å². The highest BCUT2D eigenvalue weighted by atomic mass is 16.4. The third-order valence-corrected chi connectivity index (χ3v) is 4.86. The molecular weight excluding hydrogens is 264 g/mol. The first-order valence-electron chi connectivity index (χ1n) is 8.20. The zero-order valence-electron chi connectivity index (χ0n) is 13.8. The molecule has 1 aromatic heterocycles. The van der Waals surface area contributed by atoms with E-state index in [0.29, 0.717) is 5.92 Å². The lowest BCUT2D eigenvalue weighted by Crippen LogP contribution is -2.42. The zero-order valence-corrected chi connectivity index (χ0v) is 13.8. The van der Waals surface area contributed by atoms with Crippen molar-refractivity contribution in [2.24, 2.45) is 0 Å². The third-order valence-electron chi connectivity index (χ3n) is 4.86. The fraction of sp³-hybridized carbons (Fsp3) is 0.875. The fourth-order valence-electron chi connectivity index (χ4n) is 3.38. The summed E-state index contributed by atoms with van der Waals surface area (Å²) in [4.78, 5) is 5.07. The van der Waals surface area contributed by atoms with Crippen molar-refractivity contribution < 1.29 is 4.42 Å². The Morgan fingerprint density at radius 1 is 1.05 bits per heavy atom. The van der Waals surface area contributed by atoms with Crippen molar-refractivity contribution >= 4 is 0 Å². The molecule has 3 heterocycles. The summed E-state index contributed by atoms with van der Waals surface area (Å²) in [6.45, 7) is 11.0. The van der Waals surface area contributed by atoms with Crippen molar-refractivity contribution in [3.05, 3.63) is 11.8 Å². The Balaban J connectivity index is 1.60. The first-order valence-corrected chi connectivity index (χ1v) is 8.20. The third kappa shape index (κ3) is 3.29. The molecule has 0 spiro atoms. The molecule has 2 aliphatic heterocycles. The normalized spacial score (nSPS) is 26.6. The number of likely N-dealkylation sites (tertiary alicyclic amines) is 2. The van der Waals surface area contributed by atoms with Gasteiger partial charge in [-0.05, 0) is 45.9 Å². The van der Waals surface area contributed by atoms with Gasteiger partial charge in [0.2, 0.25) is 11.8 Å². The van der Waals surface area contributed by atoms with E-state index in [0.717, 1.165) is 30.8 Å². The molecule has 1 aromatic rings. The molecule has 21 heavy (non-hydrogen) atoms. The maximum absolute atomic E-state index is 5.93. The number of hydrogen-bond acceptors (Lipinski definition) is 5. The van der Waals surface area contributed by atoms with E-state index in [2.05, 4.69) is 47.8 Å². The van der Waals surface area contributed by atoms with Crippen LogP contribution in [0.1, 0.15) is 57.7 Å². The molecule has 0 aliphatic carbocycles. The Hall–Kier alpha value is -0.940. The summed E-state index contributed by atoms with van der Waals surface area (Å²) in [5.74, 6) is 2.03. The molecule has 118 valence electrons. The van der Waals surface area contributed by atoms with Crippen molar-refractivity contribution in [2.75, 3.05) is 33.2 Å². The predicted molar refractivity (Wildman–Crippen MR) is 82.4 cm³/mol. The van der Waals surface area contributed by atoms with Crippen LogP contribution in [0.5, 0.6) is 0 Å². The maximum Gasteiger partial charge on any atom is 0.221 e. The Kier molecular flexibility index (Phi) is 4.06. The van der Waals surface area contributed by atoms with E-state index in [1.807, 2.05) is 0 Å². The van der Waals surface area contributed by atoms with Gasteiger partial charge in [0.1, 0.15) is 0 Å². The predicted octanol–water partition coefficient (Wildman–Crippen LogP) is 2.25. The van der Waals surface area contributed by atoms with E-state index in [1.165, 1.54) is 32.5 Å². The highest BCUT2D eigenvalue weighted by Gasteiger charge is 2.34. The molecule has 2 saturated heterocycles. The SMILES string of the molecule is CN1CCC(N2CC[C@H](c3nnc(C(C)(C)C)o3)C2)CC1. The molecule has 5 nitrogen and oxygen atoms in total. The van der Waals surface area contributed by atoms with Crippen LogP contribution in [0.15, 0.2) is 4.42 Å². The second kappa shape index (κ2) is 5.69. The Bertz CT molecular complexity index is 471. The van der Waals surface area contributed by atoms with E-state index >= 15 is 0 Å². The minimum atomic E-state index is -0.0580. The standard InChI is InChI=1S/C16H28N4O/c1-16(2,3)15-18-17-14(21-15)12-5-10-20(11-12)13-6-8-19(4)9-7-13/h12-13H,5-11H2,1-4H3/t12-/m0/s1. The van der Waals surface area contributed by atoms with Gasteiger partial charge in [-0.1, -0.05) is 20.8 Å². The topological polar surface area (TPSA) is 45.4 Å². The molecule has 2 aliphatic rings. The lowest BCUT2D eigenvalue weighted by Gasteiger charge is -2.35. The molecule has 2 fully saturated rings. The summed E-state index contributed by atoms with van der Waals surface area (Å²) >= 11 is 0. The monoisotopic (exact) mass is 292 g/mol. The first kappa shape index (κ1) is 15.0. The summed E-state index contributed by atoms with van der Waals surface area (Å²) in [5, 5.41) is 8.54. The molecule has 5 heteroatoms. The van der Waals surface area contributed by atoms with Gasteiger partial charge in [0.25, 0.3) is 0 Å². The molecule has 0 N–H and O–H groups in total. The van der Waals surface area contributed by atoms with Gasteiger partial charge in [-0.15, -0.1) is 10.2 Å². The summed E-state index contributed by atoms with van der Waals surface area (Å²) in [5.41, 5.74) is -0.0580. The zero-order chi connectivity index (χ0) is 15.0. The van der Waals surface area contributed by atoms with Crippen molar-refractivity contribution in [1.29, 1.82) is 0 Å². The molecule has 0 aromatic carbocycles. The quantitative estimate of drug-likeness (QED) is 0.836. The molecule has 3 rings (SSSR count). The molecule has 1 atom stereocenters. The minimum Gasteiger partial charge on any atom is -0.424 e. The highest BCUT2D eigenvalue weighted by molar-refractivity contribution is 5.02. The lowest BCUT2D eigenvalue weighted by atomic mass is 9.97. The number of piperidine rings is 1. The maximum atomic E-state index is 5.93. The number of hydrogen-bond donors (Lipinski definition) is 0. The summed E-state index contributed by atoms with van der Waals surface area (Å²) < 4.78 is 5.93. The van der Waals surface area contributed by atoms with Crippen LogP contribution in [0.4, 0.5) is 0 Å². The van der Waals surface area contributed by atoms with Gasteiger partial charge in [-0.25, -0.2) is 0 Å². The van der Waals surface area contributed by atoms with Gasteiger partial charge in [-0.2, -0.15) is 0 Å². The summed E-state index contributed by atoms with van der Waals surface area (Å²) in [6.07, 6.45) is 3.73. The van der Waals surface area contributed by atoms with E-state index < -0.39 is 0 Å². The molecule has 0 unspecified atom stereocenters. The van der Waals surface area contributed by atoms with Crippen LogP contribution in [0.2, 0.25) is 0 Å². The number of nitrogens with zero attached hydrogens (tertiary/aromatic N) is 4. The molecular formula is C16H28N4O. The van der Waals surface area contributed by atoms with Crippen molar-refractivity contribution in [2.45, 2.75) is 57.4 Å². The van der Waals surface area contributed by atoms with Gasteiger partial charge in [0.15, 0.2) is 0 Å². The van der Waals surface area contributed by atoms with Gasteiger partial charge >= 0.3 is 0 Å². The number of rotatable bonds is 2. The van der Waals surface area contributed by atoms with E-state index in [4.69, 9.17) is 4.42 Å². The van der Waals surface area contributed by atoms with Gasteiger partial charge < -0.3 is 9.32 Å². The van der Waals surface area contributed by atoms with Gasteiger partial charge in [0.05, 0.1) is 5.92 Å². The minimum absolute atomic E-state index is 0.0580. The van der Waals surface area contributed by atoms with Crippen LogP contribution in [0, 0.1) is 0 Å². The van der Waals surface area contributed by atoms with Crippen LogP contribution in [-0.2, 0) is 5.41 Å². The van der Waals surface area contributed by atoms with Crippen molar-refractivity contribution in [3.8, 4) is 0 Å². The smallest absolute Gasteiger partial charge is 0.221 e. The van der Waals surface area contributed by atoms with Crippen LogP contribution >= 0.6 is 0 Å². The van der Waals surface area contributed by atoms with Gasteiger partial charge in [0, 0.05) is 18.0 Å². The largest absolute Gasteiger partial charge is 0.424 e. The average Bonchev–Trinajstić information content (AvgIpc) is 3.07. The summed E-state index contributed by atoms with van der Waals surface area (Å²) in [6, 6.07) is 0.746. The second-order valence-electron chi connectivity index (χ2n) is 7.71. The lowest BCUT2D eigenvalue weighted by molar-refractivity contribution is 0.141. The molecule has 0 radical (unpaired) electrons. The molecule has 0 bridgehead atoms. The van der Waals surface area contributed by atoms with Crippen LogP contribution in [0.25, 0.3) is 0 Å². The average molecular weight is 292 g/mol. The van der Waals surface area contributed by atoms with E-state index in [1.54, 1.807) is 0 Å². The Morgan fingerprint density at radius 3 is 2.38 bits per heavy atom. The van der Waals surface area contributed by atoms with Crippen molar-refractivity contribution in [1.82, 2.24) is 20.0 Å². The Morgan fingerprint density at radius 2 is 1.76 bits per heavy atom. The first-order chi connectivity index (χ1) is 9.93. The van der Waals surface area contributed by atoms with E-state index in [9.17, 15) is 0 Å². The van der Waals surface area contributed by atoms with E-state index in [-0.39, 0.29) is 5.41 Å². The highest BCUT2D eigenvalue weighted by Crippen LogP contribution is 2.31. The van der Waals surface area contributed by atoms with Crippen LogP contribution in [-0.4, -0.2) is 59.3 Å². The summed E-state index contributed by atoms with van der Waals surface area (Å²) in [7, 11) is 2.22. The number of aromatic nitrogens is 2. The van der Waals surface area contributed by atoms with Gasteiger partial charge in [-0.3, -0.25) is 4.90 Å². The van der Waals surface area contributed by atoms with Crippen LogP contribution < -0.4 is 0 Å². The molecule has 0 saturated carbocycles. The molecule has 0 amide bonds. The second-order valence-corrected chi connectivity index (χ2v) is 7.71. The fourth-order valence-corrected chi connectivity index (χ4v) is 3.38.